The van der Waals surface area contributed by atoms with Crippen molar-refractivity contribution >= 4 is 21.4 Å². The minimum absolute atomic E-state index is 0.0603. The number of rotatable bonds is 6. The number of anilines is 1. The molecule has 1 heterocycles. The fourth-order valence-electron chi connectivity index (χ4n) is 2.47. The maximum absolute atomic E-state index is 12.2. The van der Waals surface area contributed by atoms with Gasteiger partial charge in [-0.25, -0.2) is 8.42 Å². The van der Waals surface area contributed by atoms with Gasteiger partial charge in [0.25, 0.3) is 0 Å². The molecule has 6 nitrogen and oxygen atoms in total. The van der Waals surface area contributed by atoms with Crippen molar-refractivity contribution in [2.75, 3.05) is 37.0 Å². The summed E-state index contributed by atoms with van der Waals surface area (Å²) in [6, 6.07) is 7.19. The van der Waals surface area contributed by atoms with Crippen LogP contribution in [0.3, 0.4) is 0 Å². The summed E-state index contributed by atoms with van der Waals surface area (Å²) in [6.45, 7) is 2.56. The van der Waals surface area contributed by atoms with Crippen molar-refractivity contribution in [1.82, 2.24) is 4.90 Å². The van der Waals surface area contributed by atoms with Gasteiger partial charge in [0, 0.05) is 13.1 Å². The standard InChI is InChI=1S/C15H22N2O4S/c1-3-21-14-7-5-4-6-13(14)16-10-15(18)17(2)12-8-9-22(19,20)11-12/h4-7,12,16H,3,8-11H2,1-2H3/t12-/m1/s1. The summed E-state index contributed by atoms with van der Waals surface area (Å²) in [5.74, 6) is 0.790. The highest BCUT2D eigenvalue weighted by atomic mass is 32.2. The van der Waals surface area contributed by atoms with Gasteiger partial charge in [-0.1, -0.05) is 12.1 Å². The van der Waals surface area contributed by atoms with Gasteiger partial charge < -0.3 is 15.0 Å². The molecule has 7 heteroatoms. The number of hydrogen-bond acceptors (Lipinski definition) is 5. The van der Waals surface area contributed by atoms with Crippen molar-refractivity contribution < 1.29 is 17.9 Å². The minimum atomic E-state index is -2.99. The number of benzene rings is 1. The molecule has 0 unspecified atom stereocenters. The van der Waals surface area contributed by atoms with Gasteiger partial charge in [0.1, 0.15) is 5.75 Å². The van der Waals surface area contributed by atoms with E-state index in [0.29, 0.717) is 18.8 Å². The predicted molar refractivity (Wildman–Crippen MR) is 85.9 cm³/mol. The molecule has 2 rings (SSSR count). The van der Waals surface area contributed by atoms with Crippen LogP contribution in [0.25, 0.3) is 0 Å². The number of amides is 1. The molecule has 1 amide bonds. The zero-order chi connectivity index (χ0) is 16.2. The minimum Gasteiger partial charge on any atom is -0.492 e. The number of carbonyl (C=O) groups is 1. The van der Waals surface area contributed by atoms with Crippen molar-refractivity contribution in [3.8, 4) is 5.75 Å². The molecule has 0 bridgehead atoms. The summed E-state index contributed by atoms with van der Waals surface area (Å²) >= 11 is 0. The largest absolute Gasteiger partial charge is 0.492 e. The molecule has 0 aliphatic carbocycles. The number of para-hydroxylation sites is 2. The Kier molecular flexibility index (Phi) is 5.28. The number of nitrogens with one attached hydrogen (secondary N) is 1. The molecular weight excluding hydrogens is 304 g/mol. The molecule has 1 aromatic carbocycles. The van der Waals surface area contributed by atoms with E-state index in [2.05, 4.69) is 5.32 Å². The summed E-state index contributed by atoms with van der Waals surface area (Å²) in [4.78, 5) is 13.7. The molecule has 1 fully saturated rings. The van der Waals surface area contributed by atoms with Crippen molar-refractivity contribution in [1.29, 1.82) is 0 Å². The van der Waals surface area contributed by atoms with Gasteiger partial charge in [-0.15, -0.1) is 0 Å². The van der Waals surface area contributed by atoms with E-state index in [1.54, 1.807) is 7.05 Å². The second-order valence-corrected chi connectivity index (χ2v) is 7.57. The lowest BCUT2D eigenvalue weighted by atomic mass is 10.2. The second kappa shape index (κ2) is 7.00. The highest BCUT2D eigenvalue weighted by molar-refractivity contribution is 7.91. The van der Waals surface area contributed by atoms with E-state index in [4.69, 9.17) is 4.74 Å². The Hall–Kier alpha value is -1.76. The fourth-order valence-corrected chi connectivity index (χ4v) is 4.25. The van der Waals surface area contributed by atoms with Gasteiger partial charge in [-0.3, -0.25) is 4.79 Å². The van der Waals surface area contributed by atoms with Crippen LogP contribution in [-0.4, -0.2) is 57.0 Å². The average molecular weight is 326 g/mol. The molecule has 1 atom stereocenters. The highest BCUT2D eigenvalue weighted by Gasteiger charge is 2.32. The Labute approximate surface area is 131 Å². The van der Waals surface area contributed by atoms with E-state index >= 15 is 0 Å². The van der Waals surface area contributed by atoms with E-state index in [-0.39, 0.29) is 30.0 Å². The first-order chi connectivity index (χ1) is 10.4. The van der Waals surface area contributed by atoms with E-state index in [1.807, 2.05) is 31.2 Å². The number of nitrogens with zero attached hydrogens (tertiary/aromatic N) is 1. The van der Waals surface area contributed by atoms with E-state index in [0.717, 1.165) is 5.69 Å². The predicted octanol–water partition coefficient (Wildman–Crippen LogP) is 1.14. The maximum Gasteiger partial charge on any atom is 0.241 e. The van der Waals surface area contributed by atoms with Crippen LogP contribution in [0.2, 0.25) is 0 Å². The molecule has 22 heavy (non-hydrogen) atoms. The molecule has 1 aliphatic rings. The highest BCUT2D eigenvalue weighted by Crippen LogP contribution is 2.23. The molecule has 122 valence electrons. The smallest absolute Gasteiger partial charge is 0.241 e. The van der Waals surface area contributed by atoms with Crippen molar-refractivity contribution in [3.63, 3.8) is 0 Å². The maximum atomic E-state index is 12.2. The van der Waals surface area contributed by atoms with Gasteiger partial charge in [0.15, 0.2) is 9.84 Å². The van der Waals surface area contributed by atoms with Crippen LogP contribution in [-0.2, 0) is 14.6 Å². The lowest BCUT2D eigenvalue weighted by Gasteiger charge is -2.24. The number of hydrogen-bond donors (Lipinski definition) is 1. The average Bonchev–Trinajstić information content (AvgIpc) is 2.85. The third-order valence-corrected chi connectivity index (χ3v) is 5.52. The van der Waals surface area contributed by atoms with Gasteiger partial charge in [0.05, 0.1) is 30.3 Å². The normalized spacial score (nSPS) is 19.6. The summed E-state index contributed by atoms with van der Waals surface area (Å²) in [5, 5.41) is 3.06. The first-order valence-corrected chi connectivity index (χ1v) is 9.17. The Morgan fingerprint density at radius 2 is 2.14 bits per heavy atom. The van der Waals surface area contributed by atoms with Crippen molar-refractivity contribution in [2.24, 2.45) is 0 Å². The topological polar surface area (TPSA) is 75.7 Å². The van der Waals surface area contributed by atoms with E-state index in [1.165, 1.54) is 4.90 Å². The molecular formula is C15H22N2O4S. The molecule has 1 aromatic rings. The third kappa shape index (κ3) is 4.13. The fraction of sp³-hybridized carbons (Fsp3) is 0.533. The first kappa shape index (κ1) is 16.6. The second-order valence-electron chi connectivity index (χ2n) is 5.34. The number of sulfone groups is 1. The van der Waals surface area contributed by atoms with Crippen LogP contribution in [0.15, 0.2) is 24.3 Å². The van der Waals surface area contributed by atoms with E-state index < -0.39 is 9.84 Å². The Balaban J connectivity index is 1.93. The molecule has 0 aromatic heterocycles. The lowest BCUT2D eigenvalue weighted by Crippen LogP contribution is -2.40. The summed E-state index contributed by atoms with van der Waals surface area (Å²) in [6.07, 6.45) is 0.514. The van der Waals surface area contributed by atoms with Crippen LogP contribution in [0.5, 0.6) is 5.75 Å². The summed E-state index contributed by atoms with van der Waals surface area (Å²) < 4.78 is 28.5. The molecule has 0 spiro atoms. The van der Waals surface area contributed by atoms with Crippen LogP contribution in [0.4, 0.5) is 5.69 Å². The monoisotopic (exact) mass is 326 g/mol. The molecule has 0 radical (unpaired) electrons. The zero-order valence-corrected chi connectivity index (χ0v) is 13.7. The van der Waals surface area contributed by atoms with E-state index in [9.17, 15) is 13.2 Å². The number of ether oxygens (including phenoxy) is 1. The zero-order valence-electron chi connectivity index (χ0n) is 12.9. The van der Waals surface area contributed by atoms with Crippen molar-refractivity contribution in [2.45, 2.75) is 19.4 Å². The van der Waals surface area contributed by atoms with Crippen molar-refractivity contribution in [3.05, 3.63) is 24.3 Å². The van der Waals surface area contributed by atoms with Gasteiger partial charge in [0.2, 0.25) is 5.91 Å². The first-order valence-electron chi connectivity index (χ1n) is 7.34. The SMILES string of the molecule is CCOc1ccccc1NCC(=O)N(C)[C@@H]1CCS(=O)(=O)C1. The molecule has 1 saturated heterocycles. The third-order valence-electron chi connectivity index (χ3n) is 3.77. The summed E-state index contributed by atoms with van der Waals surface area (Å²) in [7, 11) is -1.33. The molecule has 1 N–H and O–H groups in total. The van der Waals surface area contributed by atoms with Gasteiger partial charge >= 0.3 is 0 Å². The van der Waals surface area contributed by atoms with Gasteiger partial charge in [-0.05, 0) is 25.5 Å². The van der Waals surface area contributed by atoms with Crippen LogP contribution in [0.1, 0.15) is 13.3 Å². The van der Waals surface area contributed by atoms with Crippen LogP contribution in [0, 0.1) is 0 Å². The Bertz CT molecular complexity index is 630. The lowest BCUT2D eigenvalue weighted by molar-refractivity contribution is -0.129. The Morgan fingerprint density at radius 3 is 2.77 bits per heavy atom. The summed E-state index contributed by atoms with van der Waals surface area (Å²) in [5.41, 5.74) is 0.755. The quantitative estimate of drug-likeness (QED) is 0.848. The number of carbonyl (C=O) groups excluding carboxylic acids is 1. The molecule has 0 saturated carbocycles. The van der Waals surface area contributed by atoms with Crippen LogP contribution < -0.4 is 10.1 Å². The number of likely N-dealkylation sites (N-methyl/N-ethyl adjacent to an activating group) is 1. The molecule has 1 aliphatic heterocycles. The van der Waals surface area contributed by atoms with Gasteiger partial charge in [-0.2, -0.15) is 0 Å². The Morgan fingerprint density at radius 1 is 1.41 bits per heavy atom. The van der Waals surface area contributed by atoms with Crippen LogP contribution >= 0.6 is 0 Å².